The van der Waals surface area contributed by atoms with Crippen LogP contribution in [0, 0.1) is 0 Å². The quantitative estimate of drug-likeness (QED) is 0.856. The minimum atomic E-state index is -0.155. The second kappa shape index (κ2) is 7.34. The molecule has 1 aromatic carbocycles. The third-order valence-electron chi connectivity index (χ3n) is 4.28. The second-order valence-corrected chi connectivity index (χ2v) is 5.81. The number of rotatable bonds is 4. The number of aromatic nitrogens is 1. The van der Waals surface area contributed by atoms with E-state index in [1.807, 2.05) is 24.3 Å². The second-order valence-electron chi connectivity index (χ2n) is 5.81. The van der Waals surface area contributed by atoms with Crippen molar-refractivity contribution in [2.75, 3.05) is 27.3 Å². The molecule has 6 nitrogen and oxygen atoms in total. The van der Waals surface area contributed by atoms with Crippen molar-refractivity contribution in [3.63, 3.8) is 0 Å². The Morgan fingerprint density at radius 3 is 2.28 bits per heavy atom. The van der Waals surface area contributed by atoms with Gasteiger partial charge in [-0.3, -0.25) is 9.59 Å². The van der Waals surface area contributed by atoms with Crippen molar-refractivity contribution in [2.24, 2.45) is 0 Å². The van der Waals surface area contributed by atoms with E-state index >= 15 is 0 Å². The lowest BCUT2D eigenvalue weighted by Gasteiger charge is -2.26. The number of ketones is 1. The number of amides is 1. The lowest BCUT2D eigenvalue weighted by atomic mass is 10.1. The van der Waals surface area contributed by atoms with Gasteiger partial charge in [0, 0.05) is 31.5 Å². The molecule has 1 saturated heterocycles. The van der Waals surface area contributed by atoms with E-state index in [0.29, 0.717) is 37.2 Å². The highest BCUT2D eigenvalue weighted by molar-refractivity contribution is 5.97. The summed E-state index contributed by atoms with van der Waals surface area (Å²) in [5, 5.41) is 0. The van der Waals surface area contributed by atoms with Crippen LogP contribution in [0.15, 0.2) is 36.4 Å². The molecule has 0 N–H and O–H groups in total. The van der Waals surface area contributed by atoms with E-state index in [0.717, 1.165) is 11.3 Å². The normalized spacial score (nSPS) is 14.3. The highest BCUT2D eigenvalue weighted by Gasteiger charge is 2.25. The third kappa shape index (κ3) is 3.63. The number of carbonyl (C=O) groups is 2. The summed E-state index contributed by atoms with van der Waals surface area (Å²) in [5.41, 5.74) is 2.03. The van der Waals surface area contributed by atoms with Crippen LogP contribution < -0.4 is 9.47 Å². The lowest BCUT2D eigenvalue weighted by Crippen LogP contribution is -2.38. The van der Waals surface area contributed by atoms with Crippen LogP contribution in [0.4, 0.5) is 0 Å². The van der Waals surface area contributed by atoms with E-state index in [2.05, 4.69) is 4.98 Å². The Morgan fingerprint density at radius 1 is 1.00 bits per heavy atom. The first kappa shape index (κ1) is 17.0. The maximum absolute atomic E-state index is 12.7. The molecule has 0 unspecified atom stereocenters. The number of methoxy groups -OCH3 is 2. The van der Waals surface area contributed by atoms with Crippen LogP contribution in [-0.2, 0) is 4.79 Å². The van der Waals surface area contributed by atoms with Crippen molar-refractivity contribution >= 4 is 11.7 Å². The summed E-state index contributed by atoms with van der Waals surface area (Å²) in [6.07, 6.45) is 0.816. The van der Waals surface area contributed by atoms with Crippen LogP contribution in [0.5, 0.6) is 11.6 Å². The number of piperidine rings is 1. The first-order chi connectivity index (χ1) is 12.1. The molecule has 1 fully saturated rings. The van der Waals surface area contributed by atoms with Crippen LogP contribution in [0.2, 0.25) is 0 Å². The minimum Gasteiger partial charge on any atom is -0.497 e. The average molecular weight is 340 g/mol. The zero-order valence-electron chi connectivity index (χ0n) is 14.3. The molecule has 2 aromatic rings. The number of hydrogen-bond acceptors (Lipinski definition) is 5. The first-order valence-electron chi connectivity index (χ1n) is 8.13. The summed E-state index contributed by atoms with van der Waals surface area (Å²) in [4.78, 5) is 30.2. The van der Waals surface area contributed by atoms with Gasteiger partial charge in [0.05, 0.1) is 19.9 Å². The van der Waals surface area contributed by atoms with Crippen LogP contribution in [0.1, 0.15) is 23.2 Å². The Morgan fingerprint density at radius 2 is 1.68 bits per heavy atom. The molecule has 6 heteroatoms. The molecule has 2 heterocycles. The summed E-state index contributed by atoms with van der Waals surface area (Å²) >= 11 is 0. The van der Waals surface area contributed by atoms with Crippen LogP contribution in [0.3, 0.4) is 0 Å². The van der Waals surface area contributed by atoms with Gasteiger partial charge in [0.1, 0.15) is 17.1 Å². The topological polar surface area (TPSA) is 68.7 Å². The van der Waals surface area contributed by atoms with Crippen LogP contribution in [0.25, 0.3) is 11.3 Å². The van der Waals surface area contributed by atoms with E-state index in [1.54, 1.807) is 24.1 Å². The molecule has 0 aliphatic carbocycles. The predicted octanol–water partition coefficient (Wildman–Crippen LogP) is 2.57. The molecule has 0 saturated carbocycles. The molecular weight excluding hydrogens is 320 g/mol. The molecule has 0 radical (unpaired) electrons. The van der Waals surface area contributed by atoms with Gasteiger partial charge in [-0.05, 0) is 36.4 Å². The molecule has 1 aliphatic heterocycles. The van der Waals surface area contributed by atoms with Crippen LogP contribution >= 0.6 is 0 Å². The fourth-order valence-electron chi connectivity index (χ4n) is 2.81. The SMILES string of the molecule is COc1ccc(-c2ccc(C(=O)N3CCC(=O)CC3)c(OC)n2)cc1. The van der Waals surface area contributed by atoms with E-state index in [4.69, 9.17) is 9.47 Å². The van der Waals surface area contributed by atoms with E-state index in [9.17, 15) is 9.59 Å². The van der Waals surface area contributed by atoms with Gasteiger partial charge in [-0.15, -0.1) is 0 Å². The van der Waals surface area contributed by atoms with Crippen molar-refractivity contribution in [1.29, 1.82) is 0 Å². The van der Waals surface area contributed by atoms with Crippen molar-refractivity contribution in [2.45, 2.75) is 12.8 Å². The molecule has 1 aliphatic rings. The number of ether oxygens (including phenoxy) is 2. The van der Waals surface area contributed by atoms with Gasteiger partial charge in [0.25, 0.3) is 5.91 Å². The van der Waals surface area contributed by atoms with Crippen molar-refractivity contribution < 1.29 is 19.1 Å². The van der Waals surface area contributed by atoms with E-state index in [1.165, 1.54) is 7.11 Å². The number of pyridine rings is 1. The van der Waals surface area contributed by atoms with Crippen molar-refractivity contribution in [3.05, 3.63) is 42.0 Å². The Hall–Kier alpha value is -2.89. The van der Waals surface area contributed by atoms with Gasteiger partial charge in [-0.2, -0.15) is 0 Å². The zero-order valence-corrected chi connectivity index (χ0v) is 14.3. The number of Topliss-reactive ketones (excluding diaryl/α,β-unsaturated/α-hetero) is 1. The van der Waals surface area contributed by atoms with E-state index in [-0.39, 0.29) is 17.6 Å². The average Bonchev–Trinajstić information content (AvgIpc) is 2.67. The highest BCUT2D eigenvalue weighted by Crippen LogP contribution is 2.26. The number of hydrogen-bond donors (Lipinski definition) is 0. The molecule has 1 aromatic heterocycles. The van der Waals surface area contributed by atoms with Gasteiger partial charge in [-0.25, -0.2) is 4.98 Å². The van der Waals surface area contributed by atoms with Gasteiger partial charge in [0.2, 0.25) is 5.88 Å². The number of nitrogens with zero attached hydrogens (tertiary/aromatic N) is 2. The Bertz CT molecular complexity index is 777. The Labute approximate surface area is 146 Å². The molecule has 0 spiro atoms. The maximum atomic E-state index is 12.7. The number of benzene rings is 1. The standard InChI is InChI=1S/C19H20N2O4/c1-24-15-5-3-13(4-6-15)17-8-7-16(18(20-17)25-2)19(23)21-11-9-14(22)10-12-21/h3-8H,9-12H2,1-2H3. The number of carbonyl (C=O) groups excluding carboxylic acids is 2. The fourth-order valence-corrected chi connectivity index (χ4v) is 2.81. The molecule has 1 amide bonds. The Balaban J connectivity index is 1.86. The summed E-state index contributed by atoms with van der Waals surface area (Å²) in [6, 6.07) is 11.0. The summed E-state index contributed by atoms with van der Waals surface area (Å²) in [5.74, 6) is 1.10. The van der Waals surface area contributed by atoms with Gasteiger partial charge < -0.3 is 14.4 Å². The molecule has 3 rings (SSSR count). The van der Waals surface area contributed by atoms with Gasteiger partial charge in [-0.1, -0.05) is 0 Å². The zero-order chi connectivity index (χ0) is 17.8. The van der Waals surface area contributed by atoms with Crippen molar-refractivity contribution in [1.82, 2.24) is 9.88 Å². The monoisotopic (exact) mass is 340 g/mol. The summed E-state index contributed by atoms with van der Waals surface area (Å²) in [7, 11) is 3.11. The molecule has 25 heavy (non-hydrogen) atoms. The van der Waals surface area contributed by atoms with Crippen LogP contribution in [-0.4, -0.2) is 48.9 Å². The first-order valence-corrected chi connectivity index (χ1v) is 8.13. The molecular formula is C19H20N2O4. The van der Waals surface area contributed by atoms with Crippen molar-refractivity contribution in [3.8, 4) is 22.9 Å². The summed E-state index contributed by atoms with van der Waals surface area (Å²) < 4.78 is 10.5. The minimum absolute atomic E-state index is 0.155. The smallest absolute Gasteiger partial charge is 0.259 e. The molecule has 0 atom stereocenters. The highest BCUT2D eigenvalue weighted by atomic mass is 16.5. The number of likely N-dealkylation sites (tertiary alicyclic amines) is 1. The maximum Gasteiger partial charge on any atom is 0.259 e. The predicted molar refractivity (Wildman–Crippen MR) is 92.9 cm³/mol. The molecule has 0 bridgehead atoms. The van der Waals surface area contributed by atoms with E-state index < -0.39 is 0 Å². The molecule has 130 valence electrons. The fraction of sp³-hybridized carbons (Fsp3) is 0.316. The lowest BCUT2D eigenvalue weighted by molar-refractivity contribution is -0.120. The third-order valence-corrected chi connectivity index (χ3v) is 4.28. The summed E-state index contributed by atoms with van der Waals surface area (Å²) in [6.45, 7) is 0.891. The van der Waals surface area contributed by atoms with Gasteiger partial charge in [0.15, 0.2) is 0 Å². The Kier molecular flexibility index (Phi) is 4.97. The largest absolute Gasteiger partial charge is 0.497 e. The van der Waals surface area contributed by atoms with Gasteiger partial charge >= 0.3 is 0 Å².